The van der Waals surface area contributed by atoms with Gasteiger partial charge in [0.2, 0.25) is 0 Å². The second-order valence-electron chi connectivity index (χ2n) is 10.6. The van der Waals surface area contributed by atoms with E-state index in [9.17, 15) is 5.11 Å². The summed E-state index contributed by atoms with van der Waals surface area (Å²) in [5.41, 5.74) is 2.71. The third kappa shape index (κ3) is 14.9. The molecule has 0 bridgehead atoms. The number of rotatable bonds is 5. The van der Waals surface area contributed by atoms with Crippen LogP contribution in [0.5, 0.6) is 0 Å². The molecule has 1 fully saturated rings. The van der Waals surface area contributed by atoms with Crippen LogP contribution in [0, 0.1) is 29.1 Å². The molecule has 0 aromatic carbocycles. The Morgan fingerprint density at radius 1 is 0.925 bits per heavy atom. The molecule has 0 aliphatic heterocycles. The Morgan fingerprint density at radius 3 is 1.82 bits per heavy atom. The Kier molecular flexibility index (Phi) is 29.9. The smallest absolute Gasteiger partial charge is 0.162 e. The van der Waals surface area contributed by atoms with Crippen molar-refractivity contribution in [2.45, 2.75) is 148 Å². The van der Waals surface area contributed by atoms with Gasteiger partial charge in [-0.15, -0.1) is 11.8 Å². The number of thioether (sulfide) groups is 1. The molecule has 1 aliphatic rings. The summed E-state index contributed by atoms with van der Waals surface area (Å²) in [6.07, 6.45) is 5.77. The molecule has 5 heteroatoms. The van der Waals surface area contributed by atoms with Gasteiger partial charge >= 0.3 is 0 Å². The standard InChI is InChI=1S/C27H49NO3S.4C2H6/c1-12-23-16-19(3)21(5)18(2)15-20(4)27(9,30-10)14-13-24(28-31-17-32-11)22(6)25(29)26(23,7)8;4*1-2/h20-23,25,29H,2-3,12-17H2,1,4-11H3;4*1-2H3/b28-24+;;;;/t20-,21?,22?,23+,25?,27-;;;;/m1..../s1. The fourth-order valence-corrected chi connectivity index (χ4v) is 5.17. The number of aliphatic hydroxyl groups is 1. The van der Waals surface area contributed by atoms with E-state index < -0.39 is 6.10 Å². The molecule has 242 valence electrons. The van der Waals surface area contributed by atoms with Crippen LogP contribution >= 0.6 is 11.8 Å². The van der Waals surface area contributed by atoms with Crippen LogP contribution in [0.2, 0.25) is 0 Å². The first-order valence-electron chi connectivity index (χ1n) is 16.1. The predicted molar refractivity (Wildman–Crippen MR) is 186 cm³/mol. The van der Waals surface area contributed by atoms with Crippen molar-refractivity contribution in [2.75, 3.05) is 19.3 Å². The van der Waals surface area contributed by atoms with Crippen LogP contribution in [-0.2, 0) is 9.57 Å². The van der Waals surface area contributed by atoms with Crippen LogP contribution < -0.4 is 0 Å². The fourth-order valence-electron chi connectivity index (χ4n) is 5.01. The monoisotopic (exact) mass is 588 g/mol. The van der Waals surface area contributed by atoms with E-state index in [1.807, 2.05) is 61.6 Å². The summed E-state index contributed by atoms with van der Waals surface area (Å²) in [5.74, 6) is 1.26. The highest BCUT2D eigenvalue weighted by Gasteiger charge is 2.41. The van der Waals surface area contributed by atoms with Crippen molar-refractivity contribution in [3.63, 3.8) is 0 Å². The molecule has 0 saturated heterocycles. The number of aliphatic hydroxyl groups excluding tert-OH is 1. The van der Waals surface area contributed by atoms with E-state index in [1.165, 1.54) is 11.1 Å². The van der Waals surface area contributed by atoms with Gasteiger partial charge in [-0.1, -0.05) is 133 Å². The third-order valence-corrected chi connectivity index (χ3v) is 8.69. The maximum atomic E-state index is 11.6. The molecule has 0 aromatic heterocycles. The zero-order valence-electron chi connectivity index (χ0n) is 30.2. The Balaban J connectivity index is -0.000000739. The molecule has 0 amide bonds. The molecule has 0 aromatic rings. The summed E-state index contributed by atoms with van der Waals surface area (Å²) in [6, 6.07) is 0. The number of allylic oxidation sites excluding steroid dienone is 2. The second-order valence-corrected chi connectivity index (χ2v) is 11.5. The van der Waals surface area contributed by atoms with Gasteiger partial charge in [0.25, 0.3) is 0 Å². The largest absolute Gasteiger partial charge is 0.392 e. The average molecular weight is 588 g/mol. The van der Waals surface area contributed by atoms with Gasteiger partial charge in [0.05, 0.1) is 17.4 Å². The minimum Gasteiger partial charge on any atom is -0.392 e. The zero-order valence-corrected chi connectivity index (χ0v) is 31.0. The lowest BCUT2D eigenvalue weighted by molar-refractivity contribution is -0.0447. The van der Waals surface area contributed by atoms with Gasteiger partial charge in [0, 0.05) is 13.0 Å². The van der Waals surface area contributed by atoms with Gasteiger partial charge in [-0.3, -0.25) is 0 Å². The average Bonchev–Trinajstić information content (AvgIpc) is 2.99. The number of ether oxygens (including phenoxy) is 1. The van der Waals surface area contributed by atoms with E-state index >= 15 is 0 Å². The molecule has 4 nitrogen and oxygen atoms in total. The van der Waals surface area contributed by atoms with Crippen LogP contribution in [-0.4, -0.2) is 41.8 Å². The van der Waals surface area contributed by atoms with Crippen LogP contribution in [0.15, 0.2) is 29.5 Å². The van der Waals surface area contributed by atoms with Crippen molar-refractivity contribution < 1.29 is 14.7 Å². The topological polar surface area (TPSA) is 51.1 Å². The summed E-state index contributed by atoms with van der Waals surface area (Å²) < 4.78 is 6.05. The van der Waals surface area contributed by atoms with Crippen molar-refractivity contribution >= 4 is 17.5 Å². The summed E-state index contributed by atoms with van der Waals surface area (Å²) >= 11 is 1.59. The summed E-state index contributed by atoms with van der Waals surface area (Å²) in [6.45, 7) is 40.2. The molecule has 40 heavy (non-hydrogen) atoms. The second kappa shape index (κ2) is 25.9. The van der Waals surface area contributed by atoms with Gasteiger partial charge in [-0.25, -0.2) is 0 Å². The van der Waals surface area contributed by atoms with E-state index in [1.54, 1.807) is 18.9 Å². The van der Waals surface area contributed by atoms with Crippen molar-refractivity contribution in [3.05, 3.63) is 24.3 Å². The van der Waals surface area contributed by atoms with E-state index in [2.05, 4.69) is 66.8 Å². The summed E-state index contributed by atoms with van der Waals surface area (Å²) in [5, 5.41) is 16.1. The minimum atomic E-state index is -0.537. The molecule has 6 atom stereocenters. The Bertz CT molecular complexity index is 661. The highest BCUT2D eigenvalue weighted by Crippen LogP contribution is 2.43. The maximum Gasteiger partial charge on any atom is 0.162 e. The van der Waals surface area contributed by atoms with Crippen LogP contribution in [0.25, 0.3) is 0 Å². The highest BCUT2D eigenvalue weighted by molar-refractivity contribution is 7.98. The molecule has 0 heterocycles. The lowest BCUT2D eigenvalue weighted by atomic mass is 9.65. The highest BCUT2D eigenvalue weighted by atomic mass is 32.2. The molecule has 0 spiro atoms. The minimum absolute atomic E-state index is 0.110. The van der Waals surface area contributed by atoms with Crippen molar-refractivity contribution in [1.82, 2.24) is 0 Å². The Hall–Kier alpha value is -0.780. The molecular formula is C35H73NO3S. The first-order chi connectivity index (χ1) is 18.8. The Morgan fingerprint density at radius 2 is 1.40 bits per heavy atom. The summed E-state index contributed by atoms with van der Waals surface area (Å²) in [7, 11) is 1.79. The Labute approximate surface area is 257 Å². The first kappa shape index (κ1) is 46.2. The fraction of sp³-hybridized carbons (Fsp3) is 0.857. The van der Waals surface area contributed by atoms with Gasteiger partial charge in [0.15, 0.2) is 5.94 Å². The van der Waals surface area contributed by atoms with E-state index in [0.29, 0.717) is 17.8 Å². The van der Waals surface area contributed by atoms with Crippen LogP contribution in [0.3, 0.4) is 0 Å². The quantitative estimate of drug-likeness (QED) is 0.150. The van der Waals surface area contributed by atoms with Crippen LogP contribution in [0.1, 0.15) is 136 Å². The number of oxime groups is 1. The van der Waals surface area contributed by atoms with Gasteiger partial charge in [-0.2, -0.15) is 0 Å². The molecular weight excluding hydrogens is 514 g/mol. The third-order valence-electron chi connectivity index (χ3n) is 8.35. The number of nitrogens with zero attached hydrogens (tertiary/aromatic N) is 1. The first-order valence-corrected chi connectivity index (χ1v) is 17.5. The number of methoxy groups -OCH3 is 1. The van der Waals surface area contributed by atoms with Crippen molar-refractivity contribution in [3.8, 4) is 0 Å². The molecule has 1 N–H and O–H groups in total. The van der Waals surface area contributed by atoms with E-state index in [-0.39, 0.29) is 22.9 Å². The lowest BCUT2D eigenvalue weighted by Gasteiger charge is -2.43. The number of hydrogen-bond donors (Lipinski definition) is 1. The molecule has 1 rings (SSSR count). The summed E-state index contributed by atoms with van der Waals surface area (Å²) in [4.78, 5) is 5.58. The normalized spacial score (nSPS) is 29.9. The van der Waals surface area contributed by atoms with Gasteiger partial charge in [-0.05, 0) is 62.0 Å². The maximum absolute atomic E-state index is 11.6. The molecule has 1 saturated carbocycles. The van der Waals surface area contributed by atoms with Gasteiger partial charge < -0.3 is 14.7 Å². The van der Waals surface area contributed by atoms with E-state index in [0.717, 1.165) is 37.8 Å². The van der Waals surface area contributed by atoms with Crippen LogP contribution in [0.4, 0.5) is 0 Å². The molecule has 3 unspecified atom stereocenters. The number of hydrogen-bond acceptors (Lipinski definition) is 5. The SMILES string of the molecule is C=C1C[C@H](CC)C(C)(C)C(O)C(C)/C(=N/OCSC)CC[C@@](C)(OC)[C@H](C)CC(=C)C1C.CC.CC.CC.CC. The van der Waals surface area contributed by atoms with E-state index in [4.69, 9.17) is 9.57 Å². The van der Waals surface area contributed by atoms with Gasteiger partial charge in [0.1, 0.15) is 0 Å². The molecule has 1 aliphatic carbocycles. The van der Waals surface area contributed by atoms with Crippen molar-refractivity contribution in [2.24, 2.45) is 34.2 Å². The van der Waals surface area contributed by atoms with Crippen molar-refractivity contribution in [1.29, 1.82) is 0 Å². The predicted octanol–water partition coefficient (Wildman–Crippen LogP) is 11.2. The lowest BCUT2D eigenvalue weighted by Crippen LogP contribution is -2.44. The zero-order chi connectivity index (χ0) is 32.7. The molecule has 0 radical (unpaired) electrons.